The molecule has 3 aromatic rings. The SMILES string of the molecule is O=C1NCCc2ccc(OCCCC3CNCCN3c3cccc4sccc34)cc21. The topological polar surface area (TPSA) is 53.6 Å². The van der Waals surface area contributed by atoms with Crippen LogP contribution in [0.15, 0.2) is 47.8 Å². The number of carbonyl (C=O) groups is 1. The molecule has 1 amide bonds. The molecule has 1 unspecified atom stereocenters. The Kier molecular flexibility index (Phi) is 5.60. The second-order valence-corrected chi connectivity index (χ2v) is 8.92. The molecule has 0 radical (unpaired) electrons. The molecule has 2 N–H and O–H groups in total. The molecule has 1 fully saturated rings. The van der Waals surface area contributed by atoms with E-state index in [0.717, 1.165) is 62.3 Å². The van der Waals surface area contributed by atoms with Crippen LogP contribution in [0.4, 0.5) is 5.69 Å². The molecule has 0 spiro atoms. The van der Waals surface area contributed by atoms with E-state index in [1.54, 1.807) is 11.3 Å². The summed E-state index contributed by atoms with van der Waals surface area (Å²) in [7, 11) is 0. The second-order valence-electron chi connectivity index (χ2n) is 7.98. The van der Waals surface area contributed by atoms with E-state index in [0.29, 0.717) is 12.6 Å². The molecule has 156 valence electrons. The number of nitrogens with zero attached hydrogens (tertiary/aromatic N) is 1. The number of carbonyl (C=O) groups excluding carboxylic acids is 1. The lowest BCUT2D eigenvalue weighted by atomic mass is 10.0. The van der Waals surface area contributed by atoms with E-state index in [9.17, 15) is 4.79 Å². The van der Waals surface area contributed by atoms with E-state index in [1.807, 2.05) is 18.2 Å². The van der Waals surface area contributed by atoms with Gasteiger partial charge in [0.2, 0.25) is 0 Å². The summed E-state index contributed by atoms with van der Waals surface area (Å²) in [6.07, 6.45) is 2.94. The molecule has 1 atom stereocenters. The number of piperazine rings is 1. The molecule has 6 heteroatoms. The number of fused-ring (bicyclic) bond motifs is 2. The highest BCUT2D eigenvalue weighted by molar-refractivity contribution is 7.17. The van der Waals surface area contributed by atoms with E-state index < -0.39 is 0 Å². The Hall–Kier alpha value is -2.57. The number of amides is 1. The van der Waals surface area contributed by atoms with Crippen molar-refractivity contribution in [2.24, 2.45) is 0 Å². The van der Waals surface area contributed by atoms with Gasteiger partial charge in [0.15, 0.2) is 0 Å². The third-order valence-corrected chi connectivity index (χ3v) is 6.97. The number of anilines is 1. The Morgan fingerprint density at radius 1 is 1.17 bits per heavy atom. The molecular formula is C24H27N3O2S. The van der Waals surface area contributed by atoms with Crippen LogP contribution in [0.1, 0.15) is 28.8 Å². The minimum absolute atomic E-state index is 0.00762. The van der Waals surface area contributed by atoms with Crippen LogP contribution >= 0.6 is 11.3 Å². The van der Waals surface area contributed by atoms with Crippen molar-refractivity contribution in [1.82, 2.24) is 10.6 Å². The first-order valence-electron chi connectivity index (χ1n) is 10.8. The average molecular weight is 422 g/mol. The number of ether oxygens (including phenoxy) is 1. The van der Waals surface area contributed by atoms with Crippen molar-refractivity contribution in [3.63, 3.8) is 0 Å². The number of rotatable bonds is 6. The number of hydrogen-bond acceptors (Lipinski definition) is 5. The van der Waals surface area contributed by atoms with E-state index in [-0.39, 0.29) is 5.91 Å². The van der Waals surface area contributed by atoms with Crippen molar-refractivity contribution >= 4 is 33.0 Å². The molecule has 2 aliphatic rings. The summed E-state index contributed by atoms with van der Waals surface area (Å²) in [6, 6.07) is 15.2. The van der Waals surface area contributed by atoms with Crippen LogP contribution in [0.2, 0.25) is 0 Å². The number of hydrogen-bond donors (Lipinski definition) is 2. The van der Waals surface area contributed by atoms with Gasteiger partial charge in [0, 0.05) is 53.6 Å². The Bertz CT molecular complexity index is 1050. The summed E-state index contributed by atoms with van der Waals surface area (Å²) in [4.78, 5) is 14.6. The maximum absolute atomic E-state index is 12.0. The Balaban J connectivity index is 1.21. The van der Waals surface area contributed by atoms with Crippen LogP contribution < -0.4 is 20.3 Å². The lowest BCUT2D eigenvalue weighted by molar-refractivity contribution is 0.0945. The van der Waals surface area contributed by atoms with Crippen molar-refractivity contribution in [3.8, 4) is 5.75 Å². The summed E-state index contributed by atoms with van der Waals surface area (Å²) in [6.45, 7) is 4.43. The molecule has 0 aliphatic carbocycles. The average Bonchev–Trinajstić information content (AvgIpc) is 3.27. The molecule has 3 heterocycles. The van der Waals surface area contributed by atoms with Gasteiger partial charge in [0.1, 0.15) is 5.75 Å². The zero-order chi connectivity index (χ0) is 20.3. The lowest BCUT2D eigenvalue weighted by Gasteiger charge is -2.38. The molecule has 1 aromatic heterocycles. The minimum atomic E-state index is 0.00762. The Morgan fingerprint density at radius 2 is 2.13 bits per heavy atom. The predicted molar refractivity (Wildman–Crippen MR) is 123 cm³/mol. The van der Waals surface area contributed by atoms with Gasteiger partial charge in [-0.15, -0.1) is 11.3 Å². The first kappa shape index (κ1) is 19.4. The van der Waals surface area contributed by atoms with Crippen LogP contribution in [-0.2, 0) is 6.42 Å². The predicted octanol–water partition coefficient (Wildman–Crippen LogP) is 3.82. The largest absolute Gasteiger partial charge is 0.494 e. The molecule has 2 aromatic carbocycles. The first-order valence-corrected chi connectivity index (χ1v) is 11.6. The van der Waals surface area contributed by atoms with E-state index in [1.165, 1.54) is 15.8 Å². The van der Waals surface area contributed by atoms with Gasteiger partial charge in [0.05, 0.1) is 6.61 Å². The monoisotopic (exact) mass is 421 g/mol. The molecule has 5 nitrogen and oxygen atoms in total. The number of thiophene rings is 1. The molecular weight excluding hydrogens is 394 g/mol. The third kappa shape index (κ3) is 3.89. The molecule has 0 saturated carbocycles. The summed E-state index contributed by atoms with van der Waals surface area (Å²) in [5.74, 6) is 0.792. The molecule has 1 saturated heterocycles. The van der Waals surface area contributed by atoms with Crippen LogP contribution in [0.25, 0.3) is 10.1 Å². The van der Waals surface area contributed by atoms with Crippen molar-refractivity contribution in [2.45, 2.75) is 25.3 Å². The van der Waals surface area contributed by atoms with E-state index in [4.69, 9.17) is 4.74 Å². The fraction of sp³-hybridized carbons (Fsp3) is 0.375. The Labute approximate surface area is 181 Å². The third-order valence-electron chi connectivity index (χ3n) is 6.09. The summed E-state index contributed by atoms with van der Waals surface area (Å²) in [5.41, 5.74) is 3.21. The Morgan fingerprint density at radius 3 is 3.10 bits per heavy atom. The second kappa shape index (κ2) is 8.66. The number of nitrogens with one attached hydrogen (secondary N) is 2. The van der Waals surface area contributed by atoms with E-state index >= 15 is 0 Å². The van der Waals surface area contributed by atoms with Gasteiger partial charge in [0.25, 0.3) is 5.91 Å². The van der Waals surface area contributed by atoms with Crippen LogP contribution in [0.3, 0.4) is 0 Å². The lowest BCUT2D eigenvalue weighted by Crippen LogP contribution is -2.51. The van der Waals surface area contributed by atoms with Crippen LogP contribution in [-0.4, -0.2) is 44.7 Å². The van der Waals surface area contributed by atoms with E-state index in [2.05, 4.69) is 45.2 Å². The van der Waals surface area contributed by atoms with Crippen molar-refractivity contribution in [1.29, 1.82) is 0 Å². The van der Waals surface area contributed by atoms with Crippen molar-refractivity contribution < 1.29 is 9.53 Å². The first-order chi connectivity index (χ1) is 14.8. The fourth-order valence-corrected chi connectivity index (χ4v) is 5.36. The van der Waals surface area contributed by atoms with Gasteiger partial charge < -0.3 is 20.3 Å². The van der Waals surface area contributed by atoms with Gasteiger partial charge in [-0.05, 0) is 60.5 Å². The highest BCUT2D eigenvalue weighted by Gasteiger charge is 2.24. The van der Waals surface area contributed by atoms with Gasteiger partial charge in [-0.2, -0.15) is 0 Å². The highest BCUT2D eigenvalue weighted by atomic mass is 32.1. The van der Waals surface area contributed by atoms with Gasteiger partial charge >= 0.3 is 0 Å². The molecule has 2 aliphatic heterocycles. The van der Waals surface area contributed by atoms with Crippen molar-refractivity contribution in [2.75, 3.05) is 37.7 Å². The summed E-state index contributed by atoms with van der Waals surface area (Å²) in [5, 5.41) is 9.99. The van der Waals surface area contributed by atoms with Gasteiger partial charge in [-0.25, -0.2) is 0 Å². The zero-order valence-corrected chi connectivity index (χ0v) is 17.8. The van der Waals surface area contributed by atoms with Crippen LogP contribution in [0, 0.1) is 0 Å². The summed E-state index contributed by atoms with van der Waals surface area (Å²) < 4.78 is 7.34. The molecule has 0 bridgehead atoms. The highest BCUT2D eigenvalue weighted by Crippen LogP contribution is 2.32. The molecule has 5 rings (SSSR count). The van der Waals surface area contributed by atoms with Crippen molar-refractivity contribution in [3.05, 3.63) is 59.0 Å². The fourth-order valence-electron chi connectivity index (χ4n) is 4.55. The standard InChI is InChI=1S/C24H27N3O2S/c28-24-21-15-19(7-6-17(21)8-10-26-24)29-13-2-3-18-16-25-11-12-27(18)22-4-1-5-23-20(22)9-14-30-23/h1,4-7,9,14-15,18,25H,2-3,8,10-13,16H2,(H,26,28). The maximum atomic E-state index is 12.0. The van der Waals surface area contributed by atoms with Gasteiger partial charge in [-0.1, -0.05) is 12.1 Å². The zero-order valence-electron chi connectivity index (χ0n) is 17.0. The summed E-state index contributed by atoms with van der Waals surface area (Å²) >= 11 is 1.80. The minimum Gasteiger partial charge on any atom is -0.494 e. The smallest absolute Gasteiger partial charge is 0.251 e. The number of benzene rings is 2. The molecule has 30 heavy (non-hydrogen) atoms. The van der Waals surface area contributed by atoms with Gasteiger partial charge in [-0.3, -0.25) is 4.79 Å². The normalized spacial score (nSPS) is 18.9. The van der Waals surface area contributed by atoms with Crippen LogP contribution in [0.5, 0.6) is 5.75 Å². The maximum Gasteiger partial charge on any atom is 0.251 e. The quantitative estimate of drug-likeness (QED) is 0.594.